The molecule has 0 unspecified atom stereocenters. The lowest BCUT2D eigenvalue weighted by Gasteiger charge is -2.09. The summed E-state index contributed by atoms with van der Waals surface area (Å²) in [6.45, 7) is 0.209. The van der Waals surface area contributed by atoms with Gasteiger partial charge in [0.05, 0.1) is 5.69 Å². The molecule has 2 rings (SSSR count). The fraction of sp³-hybridized carbons (Fsp3) is 0.0909. The van der Waals surface area contributed by atoms with Crippen molar-refractivity contribution in [3.8, 4) is 0 Å². The number of hydrogen-bond donors (Lipinski definition) is 2. The first-order valence-corrected chi connectivity index (χ1v) is 8.44. The van der Waals surface area contributed by atoms with Gasteiger partial charge in [-0.1, -0.05) is 0 Å². The normalized spacial score (nSPS) is 11.6. The molecule has 0 radical (unpaired) electrons. The molecule has 20 heavy (non-hydrogen) atoms. The summed E-state index contributed by atoms with van der Waals surface area (Å²) in [6, 6.07) is 2.98. The quantitative estimate of drug-likeness (QED) is 0.853. The Labute approximate surface area is 126 Å². The zero-order valence-corrected chi connectivity index (χ0v) is 13.1. The fourth-order valence-electron chi connectivity index (χ4n) is 1.43. The highest BCUT2D eigenvalue weighted by atomic mass is 79.9. The van der Waals surface area contributed by atoms with Gasteiger partial charge in [0.1, 0.15) is 10.0 Å². The molecule has 0 aliphatic heterocycles. The number of anilines is 1. The maximum absolute atomic E-state index is 13.6. The number of rotatable bonds is 4. The van der Waals surface area contributed by atoms with Crippen LogP contribution < -0.4 is 10.5 Å². The average molecular weight is 383 g/mol. The first-order chi connectivity index (χ1) is 9.33. The summed E-state index contributed by atoms with van der Waals surface area (Å²) in [5.74, 6) is -1.81. The van der Waals surface area contributed by atoms with Gasteiger partial charge >= 0.3 is 0 Å². The zero-order chi connectivity index (χ0) is 14.9. The van der Waals surface area contributed by atoms with Crippen LogP contribution in [0.1, 0.15) is 5.56 Å². The largest absolute Gasteiger partial charge is 0.326 e. The SMILES string of the molecule is NCc1csc(S(=O)(=O)Nc2c(F)cc(F)cc2Br)c1. The molecule has 1 heterocycles. The smallest absolute Gasteiger partial charge is 0.271 e. The highest BCUT2D eigenvalue weighted by Gasteiger charge is 2.20. The Bertz CT molecular complexity index is 724. The van der Waals surface area contributed by atoms with Gasteiger partial charge in [0, 0.05) is 17.1 Å². The third-order valence-electron chi connectivity index (χ3n) is 2.37. The number of hydrogen-bond acceptors (Lipinski definition) is 4. The Morgan fingerprint density at radius 3 is 2.55 bits per heavy atom. The van der Waals surface area contributed by atoms with Crippen LogP contribution in [0.3, 0.4) is 0 Å². The number of nitrogens with two attached hydrogens (primary N) is 1. The lowest BCUT2D eigenvalue weighted by atomic mass is 10.3. The van der Waals surface area contributed by atoms with E-state index in [4.69, 9.17) is 5.73 Å². The summed E-state index contributed by atoms with van der Waals surface area (Å²) in [7, 11) is -3.94. The number of benzene rings is 1. The van der Waals surface area contributed by atoms with Gasteiger partial charge in [0.15, 0.2) is 5.82 Å². The average Bonchev–Trinajstić information content (AvgIpc) is 2.83. The molecule has 0 amide bonds. The Balaban J connectivity index is 2.38. The maximum Gasteiger partial charge on any atom is 0.271 e. The molecular weight excluding hydrogens is 374 g/mol. The highest BCUT2D eigenvalue weighted by Crippen LogP contribution is 2.30. The van der Waals surface area contributed by atoms with Crippen LogP contribution in [-0.2, 0) is 16.6 Å². The van der Waals surface area contributed by atoms with E-state index in [0.29, 0.717) is 11.6 Å². The molecule has 0 aliphatic rings. The summed E-state index contributed by atoms with van der Waals surface area (Å²) in [5.41, 5.74) is 5.73. The van der Waals surface area contributed by atoms with Crippen molar-refractivity contribution in [2.75, 3.05) is 4.72 Å². The summed E-state index contributed by atoms with van der Waals surface area (Å²) in [5, 5.41) is 1.60. The number of halogens is 3. The Hall–Kier alpha value is -1.03. The van der Waals surface area contributed by atoms with Gasteiger partial charge in [0.2, 0.25) is 0 Å². The molecule has 0 fully saturated rings. The van der Waals surface area contributed by atoms with E-state index in [9.17, 15) is 17.2 Å². The molecule has 9 heteroatoms. The summed E-state index contributed by atoms with van der Waals surface area (Å²) in [6.07, 6.45) is 0. The zero-order valence-electron chi connectivity index (χ0n) is 9.86. The second-order valence-corrected chi connectivity index (χ2v) is 7.50. The predicted octanol–water partition coefficient (Wildman–Crippen LogP) is 3.05. The van der Waals surface area contributed by atoms with Crippen molar-refractivity contribution in [2.45, 2.75) is 10.8 Å². The third kappa shape index (κ3) is 3.17. The minimum absolute atomic E-state index is 0.00794. The van der Waals surface area contributed by atoms with Crippen molar-refractivity contribution < 1.29 is 17.2 Å². The standard InChI is InChI=1S/C11H9BrF2N2O2S2/c12-8-2-7(13)3-9(14)11(8)16-20(17,18)10-1-6(4-15)5-19-10/h1-3,5,16H,4,15H2. The molecule has 2 aromatic rings. The maximum atomic E-state index is 13.6. The Morgan fingerprint density at radius 2 is 2.00 bits per heavy atom. The lowest BCUT2D eigenvalue weighted by Crippen LogP contribution is -2.13. The second-order valence-electron chi connectivity index (χ2n) is 3.83. The van der Waals surface area contributed by atoms with Crippen LogP contribution in [0.25, 0.3) is 0 Å². The van der Waals surface area contributed by atoms with E-state index in [-0.39, 0.29) is 20.9 Å². The Morgan fingerprint density at radius 1 is 1.30 bits per heavy atom. The van der Waals surface area contributed by atoms with E-state index >= 15 is 0 Å². The van der Waals surface area contributed by atoms with Crippen LogP contribution in [0.2, 0.25) is 0 Å². The predicted molar refractivity (Wildman–Crippen MR) is 77.1 cm³/mol. The summed E-state index contributed by atoms with van der Waals surface area (Å²) < 4.78 is 52.8. The monoisotopic (exact) mass is 382 g/mol. The van der Waals surface area contributed by atoms with E-state index in [1.54, 1.807) is 5.38 Å². The first kappa shape index (κ1) is 15.4. The van der Waals surface area contributed by atoms with E-state index in [1.165, 1.54) is 6.07 Å². The number of sulfonamides is 1. The van der Waals surface area contributed by atoms with Crippen LogP contribution in [-0.4, -0.2) is 8.42 Å². The minimum atomic E-state index is -3.94. The van der Waals surface area contributed by atoms with Gasteiger partial charge in [-0.15, -0.1) is 11.3 Å². The van der Waals surface area contributed by atoms with Crippen LogP contribution in [0, 0.1) is 11.6 Å². The van der Waals surface area contributed by atoms with E-state index in [0.717, 1.165) is 17.4 Å². The highest BCUT2D eigenvalue weighted by molar-refractivity contribution is 9.10. The van der Waals surface area contributed by atoms with Crippen molar-refractivity contribution in [3.63, 3.8) is 0 Å². The van der Waals surface area contributed by atoms with Crippen molar-refractivity contribution in [1.29, 1.82) is 0 Å². The van der Waals surface area contributed by atoms with Crippen LogP contribution >= 0.6 is 27.3 Å². The number of nitrogens with one attached hydrogen (secondary N) is 1. The van der Waals surface area contributed by atoms with Crippen LogP contribution in [0.4, 0.5) is 14.5 Å². The van der Waals surface area contributed by atoms with Crippen molar-refractivity contribution in [2.24, 2.45) is 5.73 Å². The molecular formula is C11H9BrF2N2O2S2. The molecule has 0 saturated carbocycles. The molecule has 108 valence electrons. The van der Waals surface area contributed by atoms with Gasteiger partial charge in [-0.25, -0.2) is 17.2 Å². The van der Waals surface area contributed by atoms with E-state index < -0.39 is 21.7 Å². The van der Waals surface area contributed by atoms with Crippen LogP contribution in [0.15, 0.2) is 32.3 Å². The van der Waals surface area contributed by atoms with Gasteiger partial charge in [0.25, 0.3) is 10.0 Å². The van der Waals surface area contributed by atoms with E-state index in [1.807, 2.05) is 0 Å². The Kier molecular flexibility index (Phi) is 4.43. The molecule has 0 spiro atoms. The van der Waals surface area contributed by atoms with Crippen molar-refractivity contribution in [1.82, 2.24) is 0 Å². The van der Waals surface area contributed by atoms with E-state index in [2.05, 4.69) is 20.7 Å². The van der Waals surface area contributed by atoms with Gasteiger partial charge in [-0.2, -0.15) is 0 Å². The third-order valence-corrected chi connectivity index (χ3v) is 5.84. The molecule has 1 aromatic carbocycles. The number of thiophene rings is 1. The molecule has 1 aromatic heterocycles. The molecule has 0 saturated heterocycles. The molecule has 0 aliphatic carbocycles. The molecule has 0 bridgehead atoms. The second kappa shape index (κ2) is 5.76. The van der Waals surface area contributed by atoms with Crippen molar-refractivity contribution in [3.05, 3.63) is 45.2 Å². The summed E-state index contributed by atoms with van der Waals surface area (Å²) in [4.78, 5) is 0. The topological polar surface area (TPSA) is 72.2 Å². The fourth-order valence-corrected chi connectivity index (χ4v) is 4.37. The lowest BCUT2D eigenvalue weighted by molar-refractivity contribution is 0.582. The molecule has 0 atom stereocenters. The van der Waals surface area contributed by atoms with Gasteiger partial charge < -0.3 is 5.73 Å². The molecule has 4 nitrogen and oxygen atoms in total. The van der Waals surface area contributed by atoms with Gasteiger partial charge in [-0.05, 0) is 39.0 Å². The first-order valence-electron chi connectivity index (χ1n) is 5.28. The molecule has 3 N–H and O–H groups in total. The van der Waals surface area contributed by atoms with Gasteiger partial charge in [-0.3, -0.25) is 4.72 Å². The summed E-state index contributed by atoms with van der Waals surface area (Å²) >= 11 is 3.89. The van der Waals surface area contributed by atoms with Crippen LogP contribution in [0.5, 0.6) is 0 Å². The van der Waals surface area contributed by atoms with Crippen molar-refractivity contribution >= 4 is 43.0 Å². The minimum Gasteiger partial charge on any atom is -0.326 e.